The Kier molecular flexibility index (Phi) is 4.23. The van der Waals surface area contributed by atoms with E-state index in [9.17, 15) is 8.42 Å². The predicted octanol–water partition coefficient (Wildman–Crippen LogP) is 2.45. The van der Waals surface area contributed by atoms with Crippen LogP contribution in [0.15, 0.2) is 53.4 Å². The SMILES string of the molecule is C#Cc1ccccc1CNS(=O)(=O)c1ccc(C)cc1. The first kappa shape index (κ1) is 14.3. The molecule has 0 heterocycles. The van der Waals surface area contributed by atoms with Gasteiger partial charge in [0.25, 0.3) is 0 Å². The van der Waals surface area contributed by atoms with E-state index in [-0.39, 0.29) is 11.4 Å². The van der Waals surface area contributed by atoms with Crippen molar-refractivity contribution in [1.29, 1.82) is 0 Å². The molecule has 102 valence electrons. The fourth-order valence-electron chi connectivity index (χ4n) is 1.79. The maximum atomic E-state index is 12.2. The molecular weight excluding hydrogens is 270 g/mol. The van der Waals surface area contributed by atoms with Gasteiger partial charge in [-0.05, 0) is 30.7 Å². The van der Waals surface area contributed by atoms with Gasteiger partial charge >= 0.3 is 0 Å². The summed E-state index contributed by atoms with van der Waals surface area (Å²) < 4.78 is 26.9. The van der Waals surface area contributed by atoms with E-state index in [0.717, 1.165) is 11.1 Å². The van der Waals surface area contributed by atoms with E-state index in [2.05, 4.69) is 10.6 Å². The highest BCUT2D eigenvalue weighted by atomic mass is 32.2. The van der Waals surface area contributed by atoms with E-state index in [1.165, 1.54) is 0 Å². The minimum atomic E-state index is -3.52. The minimum Gasteiger partial charge on any atom is -0.207 e. The van der Waals surface area contributed by atoms with E-state index in [1.807, 2.05) is 25.1 Å². The van der Waals surface area contributed by atoms with E-state index >= 15 is 0 Å². The molecule has 0 fully saturated rings. The molecule has 0 atom stereocenters. The van der Waals surface area contributed by atoms with Crippen molar-refractivity contribution >= 4 is 10.0 Å². The van der Waals surface area contributed by atoms with Gasteiger partial charge in [0.15, 0.2) is 0 Å². The average Bonchev–Trinajstić information content (AvgIpc) is 2.46. The standard InChI is InChI=1S/C16H15NO2S/c1-3-14-6-4-5-7-15(14)12-17-20(18,19)16-10-8-13(2)9-11-16/h1,4-11,17H,12H2,2H3. The molecule has 4 heteroatoms. The Labute approximate surface area is 119 Å². The molecule has 0 radical (unpaired) electrons. The summed E-state index contributed by atoms with van der Waals surface area (Å²) in [4.78, 5) is 0.251. The van der Waals surface area contributed by atoms with Gasteiger partial charge in [-0.15, -0.1) is 6.42 Å². The lowest BCUT2D eigenvalue weighted by atomic mass is 10.1. The summed E-state index contributed by atoms with van der Waals surface area (Å²) in [5.74, 6) is 2.54. The first-order valence-electron chi connectivity index (χ1n) is 6.14. The first-order valence-corrected chi connectivity index (χ1v) is 7.62. The number of nitrogens with one attached hydrogen (secondary N) is 1. The average molecular weight is 285 g/mol. The van der Waals surface area contributed by atoms with Gasteiger partial charge < -0.3 is 0 Å². The lowest BCUT2D eigenvalue weighted by Gasteiger charge is -2.08. The number of hydrogen-bond acceptors (Lipinski definition) is 2. The lowest BCUT2D eigenvalue weighted by Crippen LogP contribution is -2.23. The molecule has 2 aromatic carbocycles. The van der Waals surface area contributed by atoms with Crippen molar-refractivity contribution in [2.24, 2.45) is 0 Å². The Bertz CT molecular complexity index is 741. The van der Waals surface area contributed by atoms with Crippen molar-refractivity contribution in [3.63, 3.8) is 0 Å². The fourth-order valence-corrected chi connectivity index (χ4v) is 2.80. The summed E-state index contributed by atoms with van der Waals surface area (Å²) in [6, 6.07) is 14.0. The third kappa shape index (κ3) is 3.27. The molecule has 0 aromatic heterocycles. The quantitative estimate of drug-likeness (QED) is 0.877. The van der Waals surface area contributed by atoms with Crippen LogP contribution in [-0.4, -0.2) is 8.42 Å². The number of aryl methyl sites for hydroxylation is 1. The number of terminal acetylenes is 1. The molecule has 0 bridgehead atoms. The normalized spacial score (nSPS) is 11.0. The van der Waals surface area contributed by atoms with Crippen LogP contribution in [0.3, 0.4) is 0 Å². The van der Waals surface area contributed by atoms with Crippen molar-refractivity contribution in [3.05, 3.63) is 65.2 Å². The van der Waals surface area contributed by atoms with Gasteiger partial charge in [-0.2, -0.15) is 0 Å². The zero-order valence-electron chi connectivity index (χ0n) is 11.1. The van der Waals surface area contributed by atoms with Crippen LogP contribution in [0.5, 0.6) is 0 Å². The van der Waals surface area contributed by atoms with Gasteiger partial charge in [0.05, 0.1) is 4.90 Å². The topological polar surface area (TPSA) is 46.2 Å². The molecule has 0 aliphatic carbocycles. The minimum absolute atomic E-state index is 0.177. The number of sulfonamides is 1. The zero-order chi connectivity index (χ0) is 14.6. The van der Waals surface area contributed by atoms with Crippen molar-refractivity contribution < 1.29 is 8.42 Å². The predicted molar refractivity (Wildman–Crippen MR) is 79.6 cm³/mol. The van der Waals surface area contributed by atoms with E-state index in [4.69, 9.17) is 6.42 Å². The third-order valence-electron chi connectivity index (χ3n) is 2.96. The van der Waals surface area contributed by atoms with Crippen LogP contribution in [-0.2, 0) is 16.6 Å². The molecule has 0 aliphatic heterocycles. The molecule has 0 amide bonds. The fraction of sp³-hybridized carbons (Fsp3) is 0.125. The van der Waals surface area contributed by atoms with E-state index in [1.54, 1.807) is 30.3 Å². The summed E-state index contributed by atoms with van der Waals surface area (Å²) in [7, 11) is -3.52. The van der Waals surface area contributed by atoms with Gasteiger partial charge in [-0.25, -0.2) is 13.1 Å². The Morgan fingerprint density at radius 2 is 1.75 bits per heavy atom. The van der Waals surface area contributed by atoms with Crippen molar-refractivity contribution in [3.8, 4) is 12.3 Å². The summed E-state index contributed by atoms with van der Waals surface area (Å²) in [5, 5.41) is 0. The summed E-state index contributed by atoms with van der Waals surface area (Å²) in [6.45, 7) is 2.09. The van der Waals surface area contributed by atoms with Crippen molar-refractivity contribution in [2.75, 3.05) is 0 Å². The van der Waals surface area contributed by atoms with Crippen LogP contribution < -0.4 is 4.72 Å². The van der Waals surface area contributed by atoms with Crippen LogP contribution in [0, 0.1) is 19.3 Å². The highest BCUT2D eigenvalue weighted by Gasteiger charge is 2.13. The van der Waals surface area contributed by atoms with E-state index in [0.29, 0.717) is 5.56 Å². The third-order valence-corrected chi connectivity index (χ3v) is 4.37. The highest BCUT2D eigenvalue weighted by Crippen LogP contribution is 2.12. The molecule has 0 unspecified atom stereocenters. The maximum Gasteiger partial charge on any atom is 0.240 e. The first-order chi connectivity index (χ1) is 9.53. The second-order valence-corrected chi connectivity index (χ2v) is 6.21. The largest absolute Gasteiger partial charge is 0.240 e. The Hall–Kier alpha value is -2.09. The molecule has 2 rings (SSSR count). The number of hydrogen-bond donors (Lipinski definition) is 1. The van der Waals surface area contributed by atoms with Crippen LogP contribution >= 0.6 is 0 Å². The number of benzene rings is 2. The van der Waals surface area contributed by atoms with Gasteiger partial charge in [-0.3, -0.25) is 0 Å². The molecule has 3 nitrogen and oxygen atoms in total. The molecular formula is C16H15NO2S. The van der Waals surface area contributed by atoms with Crippen LogP contribution in [0.2, 0.25) is 0 Å². The van der Waals surface area contributed by atoms with Crippen LogP contribution in [0.25, 0.3) is 0 Å². The lowest BCUT2D eigenvalue weighted by molar-refractivity contribution is 0.581. The zero-order valence-corrected chi connectivity index (χ0v) is 11.9. The summed E-state index contributed by atoms with van der Waals surface area (Å²) in [5.41, 5.74) is 2.49. The van der Waals surface area contributed by atoms with Gasteiger partial charge in [0, 0.05) is 12.1 Å². The molecule has 2 aromatic rings. The Morgan fingerprint density at radius 1 is 1.10 bits per heavy atom. The maximum absolute atomic E-state index is 12.2. The van der Waals surface area contributed by atoms with Crippen LogP contribution in [0.4, 0.5) is 0 Å². The second-order valence-electron chi connectivity index (χ2n) is 4.44. The number of rotatable bonds is 4. The van der Waals surface area contributed by atoms with E-state index < -0.39 is 10.0 Å². The Morgan fingerprint density at radius 3 is 2.40 bits per heavy atom. The van der Waals surface area contributed by atoms with Crippen molar-refractivity contribution in [2.45, 2.75) is 18.4 Å². The molecule has 0 saturated heterocycles. The summed E-state index contributed by atoms with van der Waals surface area (Å²) in [6.07, 6.45) is 5.39. The van der Waals surface area contributed by atoms with Gasteiger partial charge in [0.1, 0.15) is 0 Å². The van der Waals surface area contributed by atoms with Crippen molar-refractivity contribution in [1.82, 2.24) is 4.72 Å². The summed E-state index contributed by atoms with van der Waals surface area (Å²) >= 11 is 0. The monoisotopic (exact) mass is 285 g/mol. The van der Waals surface area contributed by atoms with Crippen LogP contribution in [0.1, 0.15) is 16.7 Å². The Balaban J connectivity index is 2.18. The molecule has 0 saturated carbocycles. The molecule has 1 N–H and O–H groups in total. The second kappa shape index (κ2) is 5.91. The van der Waals surface area contributed by atoms with Gasteiger partial charge in [-0.1, -0.05) is 41.8 Å². The smallest absolute Gasteiger partial charge is 0.207 e. The molecule has 20 heavy (non-hydrogen) atoms. The molecule has 0 aliphatic rings. The van der Waals surface area contributed by atoms with Gasteiger partial charge in [0.2, 0.25) is 10.0 Å². The highest BCUT2D eigenvalue weighted by molar-refractivity contribution is 7.89. The molecule has 0 spiro atoms.